The average molecular weight is 311 g/mol. The van der Waals surface area contributed by atoms with E-state index in [0.717, 1.165) is 31.6 Å². The smallest absolute Gasteiger partial charge is 0.132 e. The summed E-state index contributed by atoms with van der Waals surface area (Å²) >= 11 is 0. The van der Waals surface area contributed by atoms with Crippen molar-refractivity contribution in [2.24, 2.45) is 0 Å². The number of aromatic nitrogens is 1. The van der Waals surface area contributed by atoms with Gasteiger partial charge in [-0.1, -0.05) is 12.8 Å². The molecule has 1 aliphatic rings. The lowest BCUT2D eigenvalue weighted by atomic mass is 10.0. The normalized spacial score (nSPS) is 19.8. The van der Waals surface area contributed by atoms with Crippen molar-refractivity contribution in [2.45, 2.75) is 44.2 Å². The predicted octanol–water partition coefficient (Wildman–Crippen LogP) is 3.42. The third kappa shape index (κ3) is 3.72. The van der Waals surface area contributed by atoms with Crippen LogP contribution in [0.1, 0.15) is 49.5 Å². The Morgan fingerprint density at radius 1 is 1.35 bits per heavy atom. The fraction of sp³-hybridized carbons (Fsp3) is 0.444. The summed E-state index contributed by atoms with van der Waals surface area (Å²) in [5.74, 6) is 1.49. The molecule has 23 heavy (non-hydrogen) atoms. The number of nitrogens with zero attached hydrogens (tertiary/aromatic N) is 3. The molecule has 3 rings (SSSR count). The summed E-state index contributed by atoms with van der Waals surface area (Å²) in [4.78, 5) is 6.70. The summed E-state index contributed by atoms with van der Waals surface area (Å²) in [6.45, 7) is 0.925. The number of nitriles is 1. The van der Waals surface area contributed by atoms with E-state index in [9.17, 15) is 5.11 Å². The predicted molar refractivity (Wildman–Crippen MR) is 86.8 cm³/mol. The minimum atomic E-state index is -0.603. The van der Waals surface area contributed by atoms with E-state index in [2.05, 4.69) is 16.0 Å². The molecule has 0 bridgehead atoms. The van der Waals surface area contributed by atoms with Crippen LogP contribution in [-0.4, -0.2) is 22.7 Å². The molecule has 1 aliphatic heterocycles. The minimum Gasteiger partial charge on any atom is -0.467 e. The molecule has 0 radical (unpaired) electrons. The van der Waals surface area contributed by atoms with Gasteiger partial charge in [0.05, 0.1) is 11.8 Å². The van der Waals surface area contributed by atoms with Gasteiger partial charge >= 0.3 is 0 Å². The highest BCUT2D eigenvalue weighted by Crippen LogP contribution is 2.29. The quantitative estimate of drug-likeness (QED) is 0.936. The Morgan fingerprint density at radius 2 is 2.26 bits per heavy atom. The molecule has 0 aromatic carbocycles. The molecule has 3 heterocycles. The molecular weight excluding hydrogens is 290 g/mol. The molecule has 1 N–H and O–H groups in total. The number of aliphatic hydroxyl groups is 1. The van der Waals surface area contributed by atoms with E-state index in [-0.39, 0.29) is 6.04 Å². The fourth-order valence-electron chi connectivity index (χ4n) is 3.20. The number of pyridine rings is 1. The van der Waals surface area contributed by atoms with Crippen molar-refractivity contribution in [2.75, 3.05) is 11.4 Å². The van der Waals surface area contributed by atoms with Crippen LogP contribution in [0, 0.1) is 11.3 Å². The van der Waals surface area contributed by atoms with Gasteiger partial charge in [-0.3, -0.25) is 0 Å². The zero-order valence-corrected chi connectivity index (χ0v) is 13.1. The Kier molecular flexibility index (Phi) is 4.94. The van der Waals surface area contributed by atoms with Crippen LogP contribution in [-0.2, 0) is 0 Å². The van der Waals surface area contributed by atoms with Crippen LogP contribution in [0.3, 0.4) is 0 Å². The van der Waals surface area contributed by atoms with Crippen LogP contribution in [0.2, 0.25) is 0 Å². The monoisotopic (exact) mass is 311 g/mol. The lowest BCUT2D eigenvalue weighted by Crippen LogP contribution is -2.36. The largest absolute Gasteiger partial charge is 0.467 e. The van der Waals surface area contributed by atoms with Crippen molar-refractivity contribution in [3.63, 3.8) is 0 Å². The molecular formula is C18H21N3O2. The van der Waals surface area contributed by atoms with Gasteiger partial charge in [-0.05, 0) is 37.1 Å². The summed E-state index contributed by atoms with van der Waals surface area (Å²) in [5, 5.41) is 19.3. The number of furan rings is 1. The Morgan fingerprint density at radius 3 is 2.96 bits per heavy atom. The zero-order valence-electron chi connectivity index (χ0n) is 13.1. The molecule has 120 valence electrons. The third-order valence-electron chi connectivity index (χ3n) is 4.42. The summed E-state index contributed by atoms with van der Waals surface area (Å²) in [5.41, 5.74) is 0.566. The van der Waals surface area contributed by atoms with E-state index in [0.29, 0.717) is 17.7 Å². The van der Waals surface area contributed by atoms with Crippen LogP contribution in [0.4, 0.5) is 5.82 Å². The number of aliphatic hydroxyl groups excluding tert-OH is 1. The van der Waals surface area contributed by atoms with Gasteiger partial charge in [0.2, 0.25) is 0 Å². The van der Waals surface area contributed by atoms with Gasteiger partial charge in [-0.15, -0.1) is 0 Å². The topological polar surface area (TPSA) is 73.3 Å². The second kappa shape index (κ2) is 7.30. The summed E-state index contributed by atoms with van der Waals surface area (Å²) in [6, 6.07) is 9.62. The number of hydrogen-bond donors (Lipinski definition) is 1. The first-order valence-corrected chi connectivity index (χ1v) is 8.12. The van der Waals surface area contributed by atoms with E-state index in [4.69, 9.17) is 9.68 Å². The Hall–Kier alpha value is -2.32. The third-order valence-corrected chi connectivity index (χ3v) is 4.42. The lowest BCUT2D eigenvalue weighted by Gasteiger charge is -2.32. The second-order valence-electron chi connectivity index (χ2n) is 5.98. The molecule has 0 spiro atoms. The Labute approximate surface area is 136 Å². The van der Waals surface area contributed by atoms with E-state index in [1.165, 1.54) is 6.42 Å². The maximum atomic E-state index is 10.4. The van der Waals surface area contributed by atoms with E-state index >= 15 is 0 Å². The highest BCUT2D eigenvalue weighted by molar-refractivity contribution is 5.43. The van der Waals surface area contributed by atoms with Gasteiger partial charge < -0.3 is 14.4 Å². The van der Waals surface area contributed by atoms with Gasteiger partial charge in [0.1, 0.15) is 23.8 Å². The maximum absolute atomic E-state index is 10.4. The van der Waals surface area contributed by atoms with Crippen molar-refractivity contribution >= 4 is 5.82 Å². The number of rotatable bonds is 4. The van der Waals surface area contributed by atoms with E-state index < -0.39 is 6.10 Å². The highest BCUT2D eigenvalue weighted by Gasteiger charge is 2.26. The molecule has 1 saturated heterocycles. The van der Waals surface area contributed by atoms with E-state index in [1.54, 1.807) is 24.6 Å². The van der Waals surface area contributed by atoms with Crippen molar-refractivity contribution in [1.29, 1.82) is 5.26 Å². The van der Waals surface area contributed by atoms with Crippen molar-refractivity contribution in [1.82, 2.24) is 4.98 Å². The summed E-state index contributed by atoms with van der Waals surface area (Å²) in [6.07, 6.45) is 7.71. The maximum Gasteiger partial charge on any atom is 0.132 e. The molecule has 0 aliphatic carbocycles. The summed E-state index contributed by atoms with van der Waals surface area (Å²) < 4.78 is 5.32. The Balaban J connectivity index is 1.78. The highest BCUT2D eigenvalue weighted by atomic mass is 16.4. The van der Waals surface area contributed by atoms with E-state index in [1.807, 2.05) is 12.1 Å². The first-order chi connectivity index (χ1) is 11.3. The number of hydrogen-bond acceptors (Lipinski definition) is 5. The van der Waals surface area contributed by atoms with Crippen molar-refractivity contribution in [3.8, 4) is 6.07 Å². The first-order valence-electron chi connectivity index (χ1n) is 8.12. The fourth-order valence-corrected chi connectivity index (χ4v) is 3.20. The van der Waals surface area contributed by atoms with Crippen molar-refractivity contribution < 1.29 is 9.52 Å². The Bertz CT molecular complexity index is 646. The SMILES string of the molecule is N#Cc1ccc(N2CCCCCC2CC(O)c2ccco2)nc1. The zero-order chi connectivity index (χ0) is 16.1. The lowest BCUT2D eigenvalue weighted by molar-refractivity contribution is 0.129. The molecule has 2 aromatic heterocycles. The van der Waals surface area contributed by atoms with Crippen LogP contribution >= 0.6 is 0 Å². The van der Waals surface area contributed by atoms with Gasteiger partial charge in [0, 0.05) is 25.2 Å². The van der Waals surface area contributed by atoms with Crippen LogP contribution < -0.4 is 4.90 Å². The minimum absolute atomic E-state index is 0.220. The molecule has 1 fully saturated rings. The van der Waals surface area contributed by atoms with Gasteiger partial charge in [0.25, 0.3) is 0 Å². The molecule has 2 unspecified atom stereocenters. The van der Waals surface area contributed by atoms with Crippen LogP contribution in [0.5, 0.6) is 0 Å². The van der Waals surface area contributed by atoms with Crippen molar-refractivity contribution in [3.05, 3.63) is 48.0 Å². The van der Waals surface area contributed by atoms with Gasteiger partial charge in [-0.2, -0.15) is 5.26 Å². The standard InChI is InChI=1S/C18H21N3O2/c19-12-14-7-8-18(20-13-14)21-9-3-1-2-5-15(21)11-16(22)17-6-4-10-23-17/h4,6-8,10,13,15-16,22H,1-3,5,9,11H2. The second-order valence-corrected chi connectivity index (χ2v) is 5.98. The molecule has 5 nitrogen and oxygen atoms in total. The molecule has 0 amide bonds. The first kappa shape index (κ1) is 15.6. The molecule has 2 atom stereocenters. The summed E-state index contributed by atoms with van der Waals surface area (Å²) in [7, 11) is 0. The van der Waals surface area contributed by atoms with Gasteiger partial charge in [0.15, 0.2) is 0 Å². The van der Waals surface area contributed by atoms with Crippen LogP contribution in [0.25, 0.3) is 0 Å². The van der Waals surface area contributed by atoms with Gasteiger partial charge in [-0.25, -0.2) is 4.98 Å². The van der Waals surface area contributed by atoms with Crippen LogP contribution in [0.15, 0.2) is 41.1 Å². The number of anilines is 1. The average Bonchev–Trinajstić information content (AvgIpc) is 3.03. The molecule has 5 heteroatoms. The molecule has 2 aromatic rings. The molecule has 0 saturated carbocycles.